The predicted octanol–water partition coefficient (Wildman–Crippen LogP) is 4.39. The molecule has 2 N–H and O–H groups in total. The Labute approximate surface area is 216 Å². The third-order valence-corrected chi connectivity index (χ3v) is 8.31. The van der Waals surface area contributed by atoms with Crippen LogP contribution in [0.3, 0.4) is 0 Å². The highest BCUT2D eigenvalue weighted by Crippen LogP contribution is 2.35. The van der Waals surface area contributed by atoms with Crippen LogP contribution >= 0.6 is 11.8 Å². The van der Waals surface area contributed by atoms with E-state index in [0.717, 1.165) is 65.6 Å². The van der Waals surface area contributed by atoms with E-state index in [1.165, 1.54) is 0 Å². The van der Waals surface area contributed by atoms with Crippen molar-refractivity contribution in [3.63, 3.8) is 0 Å². The molecule has 8 nitrogen and oxygen atoms in total. The van der Waals surface area contributed by atoms with Crippen molar-refractivity contribution >= 4 is 28.6 Å². The van der Waals surface area contributed by atoms with Crippen LogP contribution in [0.4, 0.5) is 0 Å². The van der Waals surface area contributed by atoms with Crippen LogP contribution in [0.1, 0.15) is 43.8 Å². The van der Waals surface area contributed by atoms with E-state index in [9.17, 15) is 15.0 Å². The van der Waals surface area contributed by atoms with Gasteiger partial charge in [0.15, 0.2) is 5.16 Å². The summed E-state index contributed by atoms with van der Waals surface area (Å²) in [6.45, 7) is 2.87. The van der Waals surface area contributed by atoms with E-state index < -0.39 is 12.1 Å². The van der Waals surface area contributed by atoms with Crippen LogP contribution in [-0.2, 0) is 11.8 Å². The van der Waals surface area contributed by atoms with Crippen LogP contribution in [0, 0.1) is 11.8 Å². The molecule has 36 heavy (non-hydrogen) atoms. The standard InChI is InChI=1S/C27H36N4O4S/c1-30-14-12-29-27(30)36-16-15-31-13-10-19(20(18-31)4-8-26(33)34)3-7-25(32)22-9-11-28-24-6-5-21(35-2)17-23(22)24/h5-6,9,11-12,14,17,19-20,25,32H,3-4,7-8,10,13,15-16,18H2,1-2H3,(H,33,34)/t19?,20?,25-/m0/s1. The lowest BCUT2D eigenvalue weighted by Gasteiger charge is -2.39. The van der Waals surface area contributed by atoms with Crippen molar-refractivity contribution in [3.05, 3.63) is 48.4 Å². The van der Waals surface area contributed by atoms with Gasteiger partial charge in [0.05, 0.1) is 18.7 Å². The molecule has 0 saturated carbocycles. The number of aliphatic hydroxyl groups is 1. The lowest BCUT2D eigenvalue weighted by Crippen LogP contribution is -2.41. The lowest BCUT2D eigenvalue weighted by atomic mass is 9.79. The normalized spacial score (nSPS) is 19.4. The van der Waals surface area contributed by atoms with Gasteiger partial charge < -0.3 is 24.4 Å². The van der Waals surface area contributed by atoms with E-state index in [2.05, 4.69) is 14.9 Å². The number of methoxy groups -OCH3 is 1. The molecule has 0 radical (unpaired) electrons. The first-order chi connectivity index (χ1) is 17.4. The molecule has 0 bridgehead atoms. The van der Waals surface area contributed by atoms with Gasteiger partial charge in [-0.25, -0.2) is 4.98 Å². The average molecular weight is 513 g/mol. The molecule has 3 atom stereocenters. The number of pyridine rings is 1. The Balaban J connectivity index is 1.36. The Morgan fingerprint density at radius 1 is 1.22 bits per heavy atom. The number of benzene rings is 1. The van der Waals surface area contributed by atoms with E-state index >= 15 is 0 Å². The van der Waals surface area contributed by atoms with Crippen LogP contribution in [0.2, 0.25) is 0 Å². The molecule has 0 amide bonds. The average Bonchev–Trinajstić information content (AvgIpc) is 3.30. The minimum absolute atomic E-state index is 0.189. The monoisotopic (exact) mass is 512 g/mol. The number of aliphatic hydroxyl groups excluding tert-OH is 1. The second-order valence-corrected chi connectivity index (χ2v) is 10.6. The van der Waals surface area contributed by atoms with Crippen molar-refractivity contribution < 1.29 is 19.7 Å². The number of rotatable bonds is 12. The Kier molecular flexibility index (Phi) is 9.23. The fourth-order valence-electron chi connectivity index (χ4n) is 5.22. The van der Waals surface area contributed by atoms with Gasteiger partial charge in [0.1, 0.15) is 5.75 Å². The number of carbonyl (C=O) groups is 1. The maximum atomic E-state index is 11.3. The molecular formula is C27H36N4O4S. The SMILES string of the molecule is COc1ccc2nccc([C@@H](O)CCC3CCN(CCSc4nccn4C)CC3CCC(=O)O)c2c1. The van der Waals surface area contributed by atoms with Crippen molar-refractivity contribution in [2.75, 3.05) is 32.5 Å². The minimum Gasteiger partial charge on any atom is -0.497 e. The quantitative estimate of drug-likeness (QED) is 0.345. The first-order valence-electron chi connectivity index (χ1n) is 12.6. The molecule has 3 heterocycles. The number of hydrogen-bond acceptors (Lipinski definition) is 7. The molecule has 2 aromatic heterocycles. The number of aromatic nitrogens is 3. The molecule has 0 spiro atoms. The van der Waals surface area contributed by atoms with E-state index in [1.807, 2.05) is 48.3 Å². The van der Waals surface area contributed by atoms with E-state index in [4.69, 9.17) is 4.74 Å². The predicted molar refractivity (Wildman–Crippen MR) is 141 cm³/mol. The summed E-state index contributed by atoms with van der Waals surface area (Å²) in [6, 6.07) is 7.60. The van der Waals surface area contributed by atoms with Gasteiger partial charge in [-0.2, -0.15) is 0 Å². The van der Waals surface area contributed by atoms with Crippen LogP contribution in [0.5, 0.6) is 5.75 Å². The maximum Gasteiger partial charge on any atom is 0.303 e. The summed E-state index contributed by atoms with van der Waals surface area (Å²) in [5.74, 6) is 1.67. The summed E-state index contributed by atoms with van der Waals surface area (Å²) < 4.78 is 7.40. The number of piperidine rings is 1. The number of thioether (sulfide) groups is 1. The Hall–Kier alpha value is -2.62. The summed E-state index contributed by atoms with van der Waals surface area (Å²) in [4.78, 5) is 22.6. The Morgan fingerprint density at radius 3 is 2.83 bits per heavy atom. The summed E-state index contributed by atoms with van der Waals surface area (Å²) in [7, 11) is 3.64. The molecule has 3 aromatic rings. The third kappa shape index (κ3) is 6.78. The Bertz CT molecular complexity index is 1150. The van der Waals surface area contributed by atoms with Crippen molar-refractivity contribution in [2.45, 2.75) is 43.4 Å². The number of nitrogens with zero attached hydrogens (tertiary/aromatic N) is 4. The zero-order chi connectivity index (χ0) is 25.5. The van der Waals surface area contributed by atoms with Crippen LogP contribution in [0.15, 0.2) is 48.0 Å². The lowest BCUT2D eigenvalue weighted by molar-refractivity contribution is -0.137. The van der Waals surface area contributed by atoms with Crippen molar-refractivity contribution in [2.24, 2.45) is 18.9 Å². The highest BCUT2D eigenvalue weighted by atomic mass is 32.2. The van der Waals surface area contributed by atoms with Crippen molar-refractivity contribution in [1.29, 1.82) is 0 Å². The minimum atomic E-state index is -0.742. The van der Waals surface area contributed by atoms with Gasteiger partial charge in [0, 0.05) is 56.3 Å². The molecule has 2 unspecified atom stereocenters. The fraction of sp³-hybridized carbons (Fsp3) is 0.519. The summed E-state index contributed by atoms with van der Waals surface area (Å²) in [6.07, 6.45) is 8.30. The maximum absolute atomic E-state index is 11.3. The van der Waals surface area contributed by atoms with Crippen molar-refractivity contribution in [3.8, 4) is 5.75 Å². The van der Waals surface area contributed by atoms with Crippen LogP contribution in [0.25, 0.3) is 10.9 Å². The van der Waals surface area contributed by atoms with Gasteiger partial charge in [0.25, 0.3) is 0 Å². The number of carboxylic acids is 1. The molecule has 4 rings (SSSR count). The largest absolute Gasteiger partial charge is 0.497 e. The van der Waals surface area contributed by atoms with E-state index in [-0.39, 0.29) is 6.42 Å². The number of aryl methyl sites for hydroxylation is 1. The van der Waals surface area contributed by atoms with Gasteiger partial charge in [-0.1, -0.05) is 11.8 Å². The van der Waals surface area contributed by atoms with Crippen LogP contribution in [-0.4, -0.2) is 68.1 Å². The highest BCUT2D eigenvalue weighted by Gasteiger charge is 2.30. The molecule has 1 aliphatic heterocycles. The second kappa shape index (κ2) is 12.6. The number of carboxylic acid groups (broad SMARTS) is 1. The van der Waals surface area contributed by atoms with Gasteiger partial charge in [-0.05, 0) is 73.9 Å². The molecule has 1 aromatic carbocycles. The molecule has 194 valence electrons. The number of ether oxygens (including phenoxy) is 1. The smallest absolute Gasteiger partial charge is 0.303 e. The summed E-state index contributed by atoms with van der Waals surface area (Å²) in [5.41, 5.74) is 1.70. The highest BCUT2D eigenvalue weighted by molar-refractivity contribution is 7.99. The van der Waals surface area contributed by atoms with Gasteiger partial charge in [-0.15, -0.1) is 0 Å². The zero-order valence-electron chi connectivity index (χ0n) is 21.0. The first-order valence-corrected chi connectivity index (χ1v) is 13.6. The number of likely N-dealkylation sites (tertiary alicyclic amines) is 1. The van der Waals surface area contributed by atoms with Gasteiger partial charge in [-0.3, -0.25) is 9.78 Å². The number of aliphatic carboxylic acids is 1. The van der Waals surface area contributed by atoms with Gasteiger partial charge >= 0.3 is 5.97 Å². The Morgan fingerprint density at radius 2 is 2.08 bits per heavy atom. The molecular weight excluding hydrogens is 476 g/mol. The third-order valence-electron chi connectivity index (χ3n) is 7.27. The van der Waals surface area contributed by atoms with Gasteiger partial charge in [0.2, 0.25) is 0 Å². The molecule has 9 heteroatoms. The van der Waals surface area contributed by atoms with E-state index in [1.54, 1.807) is 25.1 Å². The zero-order valence-corrected chi connectivity index (χ0v) is 21.9. The fourth-order valence-corrected chi connectivity index (χ4v) is 6.16. The van der Waals surface area contributed by atoms with Crippen LogP contribution < -0.4 is 4.74 Å². The molecule has 1 aliphatic rings. The molecule has 1 fully saturated rings. The summed E-state index contributed by atoms with van der Waals surface area (Å²) >= 11 is 1.75. The topological polar surface area (TPSA) is 101 Å². The van der Waals surface area contributed by atoms with Crippen molar-refractivity contribution in [1.82, 2.24) is 19.4 Å². The number of hydrogen-bond donors (Lipinski definition) is 2. The molecule has 0 aliphatic carbocycles. The first kappa shape index (κ1) is 26.4. The summed E-state index contributed by atoms with van der Waals surface area (Å²) in [5, 5.41) is 22.3. The number of imidazole rings is 1. The second-order valence-electron chi connectivity index (χ2n) is 9.59. The van der Waals surface area contributed by atoms with E-state index in [0.29, 0.717) is 24.7 Å². The number of fused-ring (bicyclic) bond motifs is 1. The molecule has 1 saturated heterocycles.